The van der Waals surface area contributed by atoms with Gasteiger partial charge in [0.1, 0.15) is 6.61 Å². The summed E-state index contributed by atoms with van der Waals surface area (Å²) in [6.07, 6.45) is 1.38. The SMILES string of the molecule is O=C(NCc1cc(C#CCO)cs1)c1ccc(=O)[nH]c1. The Morgan fingerprint density at radius 3 is 3.00 bits per heavy atom. The normalized spacial score (nSPS) is 9.65. The molecule has 2 rings (SSSR count). The van der Waals surface area contributed by atoms with Crippen LogP contribution in [0.4, 0.5) is 0 Å². The number of aromatic amines is 1. The number of carbonyl (C=O) groups is 1. The van der Waals surface area contributed by atoms with Crippen LogP contribution in [0.3, 0.4) is 0 Å². The summed E-state index contributed by atoms with van der Waals surface area (Å²) >= 11 is 1.48. The van der Waals surface area contributed by atoms with Crippen molar-refractivity contribution in [3.63, 3.8) is 0 Å². The lowest BCUT2D eigenvalue weighted by Gasteiger charge is -2.02. The van der Waals surface area contributed by atoms with Crippen LogP contribution < -0.4 is 10.9 Å². The molecule has 2 aromatic rings. The minimum absolute atomic E-state index is 0.172. The smallest absolute Gasteiger partial charge is 0.253 e. The molecule has 0 aromatic carbocycles. The first-order valence-electron chi connectivity index (χ1n) is 5.83. The Bertz CT molecular complexity index is 701. The van der Waals surface area contributed by atoms with Gasteiger partial charge in [0.2, 0.25) is 5.56 Å². The van der Waals surface area contributed by atoms with E-state index < -0.39 is 0 Å². The predicted molar refractivity (Wildman–Crippen MR) is 76.5 cm³/mol. The van der Waals surface area contributed by atoms with Crippen LogP contribution >= 0.6 is 11.3 Å². The molecule has 3 N–H and O–H groups in total. The Labute approximate surface area is 119 Å². The van der Waals surface area contributed by atoms with Crippen LogP contribution in [-0.4, -0.2) is 22.6 Å². The average Bonchev–Trinajstić information content (AvgIpc) is 2.91. The van der Waals surface area contributed by atoms with E-state index in [2.05, 4.69) is 22.1 Å². The Hall–Kier alpha value is -2.36. The highest BCUT2D eigenvalue weighted by molar-refractivity contribution is 7.10. The van der Waals surface area contributed by atoms with E-state index in [4.69, 9.17) is 5.11 Å². The summed E-state index contributed by atoms with van der Waals surface area (Å²) in [5.41, 5.74) is 0.977. The van der Waals surface area contributed by atoms with Crippen molar-refractivity contribution in [2.45, 2.75) is 6.54 Å². The summed E-state index contributed by atoms with van der Waals surface area (Å²) in [5.74, 6) is 5.11. The molecule has 0 unspecified atom stereocenters. The zero-order valence-electron chi connectivity index (χ0n) is 10.5. The number of hydrogen-bond acceptors (Lipinski definition) is 4. The van der Waals surface area contributed by atoms with Gasteiger partial charge in [0.15, 0.2) is 0 Å². The van der Waals surface area contributed by atoms with E-state index in [1.54, 1.807) is 0 Å². The van der Waals surface area contributed by atoms with Crippen molar-refractivity contribution in [2.24, 2.45) is 0 Å². The highest BCUT2D eigenvalue weighted by Crippen LogP contribution is 2.13. The van der Waals surface area contributed by atoms with Crippen molar-refractivity contribution in [1.82, 2.24) is 10.3 Å². The molecule has 0 fully saturated rings. The van der Waals surface area contributed by atoms with Crippen molar-refractivity contribution in [3.8, 4) is 11.8 Å². The summed E-state index contributed by atoms with van der Waals surface area (Å²) < 4.78 is 0. The molecule has 0 aliphatic heterocycles. The van der Waals surface area contributed by atoms with Crippen LogP contribution in [0.25, 0.3) is 0 Å². The third-order valence-corrected chi connectivity index (χ3v) is 3.37. The number of hydrogen-bond donors (Lipinski definition) is 3. The summed E-state index contributed by atoms with van der Waals surface area (Å²) in [5, 5.41) is 13.2. The van der Waals surface area contributed by atoms with Gasteiger partial charge in [-0.2, -0.15) is 0 Å². The number of H-pyrrole nitrogens is 1. The van der Waals surface area contributed by atoms with Crippen LogP contribution in [0, 0.1) is 11.8 Å². The Morgan fingerprint density at radius 1 is 1.45 bits per heavy atom. The number of carbonyl (C=O) groups excluding carboxylic acids is 1. The molecular formula is C14H12N2O3S. The van der Waals surface area contributed by atoms with E-state index in [0.29, 0.717) is 12.1 Å². The highest BCUT2D eigenvalue weighted by Gasteiger charge is 2.06. The molecule has 0 aliphatic carbocycles. The Kier molecular flexibility index (Phi) is 4.71. The van der Waals surface area contributed by atoms with Gasteiger partial charge in [-0.3, -0.25) is 9.59 Å². The summed E-state index contributed by atoms with van der Waals surface area (Å²) in [6.45, 7) is 0.220. The minimum atomic E-state index is -0.252. The topological polar surface area (TPSA) is 82.2 Å². The predicted octanol–water partition coefficient (Wildman–Crippen LogP) is 0.710. The van der Waals surface area contributed by atoms with E-state index in [9.17, 15) is 9.59 Å². The Balaban J connectivity index is 1.94. The molecule has 2 heterocycles. The standard InChI is InChI=1S/C14H12N2O3S/c17-5-1-2-10-6-12(20-9-10)8-16-14(19)11-3-4-13(18)15-7-11/h3-4,6-7,9,17H,5,8H2,(H,15,18)(H,16,19). The average molecular weight is 288 g/mol. The second kappa shape index (κ2) is 6.70. The van der Waals surface area contributed by atoms with Crippen LogP contribution in [0.5, 0.6) is 0 Å². The number of nitrogens with one attached hydrogen (secondary N) is 2. The van der Waals surface area contributed by atoms with E-state index in [0.717, 1.165) is 10.4 Å². The summed E-state index contributed by atoms with van der Waals surface area (Å²) in [7, 11) is 0. The van der Waals surface area contributed by atoms with Crippen molar-refractivity contribution in [3.05, 3.63) is 56.1 Å². The van der Waals surface area contributed by atoms with Crippen LogP contribution in [0.15, 0.2) is 34.6 Å². The van der Waals surface area contributed by atoms with Crippen molar-refractivity contribution >= 4 is 17.2 Å². The van der Waals surface area contributed by atoms with Gasteiger partial charge < -0.3 is 15.4 Å². The maximum absolute atomic E-state index is 11.8. The van der Waals surface area contributed by atoms with Gasteiger partial charge in [-0.15, -0.1) is 11.3 Å². The fourth-order valence-corrected chi connectivity index (χ4v) is 2.26. The van der Waals surface area contributed by atoms with Crippen molar-refractivity contribution in [1.29, 1.82) is 0 Å². The van der Waals surface area contributed by atoms with Gasteiger partial charge in [0.05, 0.1) is 12.1 Å². The molecule has 0 aliphatic rings. The van der Waals surface area contributed by atoms with Gasteiger partial charge in [0.25, 0.3) is 5.91 Å². The molecule has 102 valence electrons. The quantitative estimate of drug-likeness (QED) is 0.728. The van der Waals surface area contributed by atoms with Gasteiger partial charge in [0, 0.05) is 28.1 Å². The third kappa shape index (κ3) is 3.82. The molecule has 0 bridgehead atoms. The largest absolute Gasteiger partial charge is 0.384 e. The molecule has 0 saturated heterocycles. The monoisotopic (exact) mass is 288 g/mol. The van der Waals surface area contributed by atoms with E-state index in [1.165, 1.54) is 29.7 Å². The molecule has 0 atom stereocenters. The fourth-order valence-electron chi connectivity index (χ4n) is 1.50. The van der Waals surface area contributed by atoms with Crippen molar-refractivity contribution < 1.29 is 9.90 Å². The second-order valence-corrected chi connectivity index (χ2v) is 4.88. The molecule has 0 saturated carbocycles. The third-order valence-electron chi connectivity index (χ3n) is 2.44. The molecule has 1 amide bonds. The van der Waals surface area contributed by atoms with Gasteiger partial charge in [-0.05, 0) is 12.1 Å². The van der Waals surface area contributed by atoms with Crippen LogP contribution in [0.2, 0.25) is 0 Å². The molecule has 2 aromatic heterocycles. The van der Waals surface area contributed by atoms with Gasteiger partial charge in [-0.1, -0.05) is 11.8 Å². The van der Waals surface area contributed by atoms with Crippen LogP contribution in [-0.2, 0) is 6.54 Å². The lowest BCUT2D eigenvalue weighted by Crippen LogP contribution is -2.23. The minimum Gasteiger partial charge on any atom is -0.384 e. The second-order valence-electron chi connectivity index (χ2n) is 3.89. The number of pyridine rings is 1. The lowest BCUT2D eigenvalue weighted by molar-refractivity contribution is 0.0951. The number of amides is 1. The first kappa shape index (κ1) is 14.1. The molecule has 20 heavy (non-hydrogen) atoms. The lowest BCUT2D eigenvalue weighted by atomic mass is 10.2. The number of aliphatic hydroxyl groups excluding tert-OH is 1. The molecule has 5 nitrogen and oxygen atoms in total. The van der Waals surface area contributed by atoms with Crippen LogP contribution in [0.1, 0.15) is 20.8 Å². The first-order valence-corrected chi connectivity index (χ1v) is 6.71. The molecule has 6 heteroatoms. The maximum Gasteiger partial charge on any atom is 0.253 e. The Morgan fingerprint density at radius 2 is 2.30 bits per heavy atom. The number of aromatic nitrogens is 1. The molecule has 0 radical (unpaired) electrons. The van der Waals surface area contributed by atoms with E-state index in [-0.39, 0.29) is 18.1 Å². The summed E-state index contributed by atoms with van der Waals surface area (Å²) in [4.78, 5) is 26.1. The van der Waals surface area contributed by atoms with Gasteiger partial charge in [-0.25, -0.2) is 0 Å². The van der Waals surface area contributed by atoms with E-state index >= 15 is 0 Å². The van der Waals surface area contributed by atoms with E-state index in [1.807, 2.05) is 11.4 Å². The highest BCUT2D eigenvalue weighted by atomic mass is 32.1. The zero-order valence-corrected chi connectivity index (χ0v) is 11.3. The first-order chi connectivity index (χ1) is 9.69. The number of thiophene rings is 1. The van der Waals surface area contributed by atoms with Gasteiger partial charge >= 0.3 is 0 Å². The fraction of sp³-hybridized carbons (Fsp3) is 0.143. The maximum atomic E-state index is 11.8. The zero-order chi connectivity index (χ0) is 14.4. The number of rotatable bonds is 3. The molecular weight excluding hydrogens is 276 g/mol. The van der Waals surface area contributed by atoms with Crippen molar-refractivity contribution in [2.75, 3.05) is 6.61 Å². The number of aliphatic hydroxyl groups is 1. The summed E-state index contributed by atoms with van der Waals surface area (Å²) in [6, 6.07) is 4.64. The molecule has 0 spiro atoms.